The zero-order chi connectivity index (χ0) is 10.7. The van der Waals surface area contributed by atoms with Crippen LogP contribution in [0.4, 0.5) is 0 Å². The Balaban J connectivity index is 2.52. The first kappa shape index (κ1) is 9.97. The van der Waals surface area contributed by atoms with Gasteiger partial charge in [0.15, 0.2) is 5.42 Å². The molecule has 0 fully saturated rings. The smallest absolute Gasteiger partial charge is 0.226 e. The molecule has 15 heavy (non-hydrogen) atoms. The van der Waals surface area contributed by atoms with Gasteiger partial charge in [-0.3, -0.25) is 0 Å². The minimum atomic E-state index is 0.718. The van der Waals surface area contributed by atoms with E-state index in [1.807, 2.05) is 32.1 Å². The first-order chi connectivity index (χ1) is 7.35. The van der Waals surface area contributed by atoms with E-state index >= 15 is 0 Å². The second kappa shape index (κ2) is 4.30. The highest BCUT2D eigenvalue weighted by atomic mass is 16.3. The standard InChI is InChI=1S/C13H15NO/c1-3-7-10(4-2)13-14-11-8-5-6-9-12(11)15-13/h3-4,7-9H,5-6H2,1-2H3/b7-3?,10-4+. The van der Waals surface area contributed by atoms with Crippen LogP contribution in [-0.4, -0.2) is 4.98 Å². The van der Waals surface area contributed by atoms with Crippen molar-refractivity contribution in [2.24, 2.45) is 0 Å². The van der Waals surface area contributed by atoms with E-state index in [2.05, 4.69) is 17.1 Å². The molecule has 0 N–H and O–H groups in total. The first-order valence-electron chi connectivity index (χ1n) is 5.31. The number of nitrogens with zero attached hydrogens (tertiary/aromatic N) is 1. The summed E-state index contributed by atoms with van der Waals surface area (Å²) in [7, 11) is 0. The maximum Gasteiger partial charge on any atom is 0.226 e. The Hall–Kier alpha value is -1.57. The maximum atomic E-state index is 5.69. The molecule has 1 aliphatic rings. The molecule has 0 aromatic carbocycles. The van der Waals surface area contributed by atoms with Gasteiger partial charge in [-0.15, -0.1) is 0 Å². The van der Waals surface area contributed by atoms with Crippen molar-refractivity contribution in [3.8, 4) is 0 Å². The van der Waals surface area contributed by atoms with E-state index in [1.165, 1.54) is 0 Å². The molecule has 0 bridgehead atoms. The summed E-state index contributed by atoms with van der Waals surface area (Å²) in [5.74, 6) is 0.718. The van der Waals surface area contributed by atoms with Crippen molar-refractivity contribution in [2.45, 2.75) is 26.7 Å². The molecule has 0 spiro atoms. The monoisotopic (exact) mass is 201 g/mol. The van der Waals surface area contributed by atoms with Gasteiger partial charge in [0.25, 0.3) is 0 Å². The fourth-order valence-corrected chi connectivity index (χ4v) is 1.66. The van der Waals surface area contributed by atoms with Gasteiger partial charge in [-0.2, -0.15) is 0 Å². The minimum absolute atomic E-state index is 0.718. The van der Waals surface area contributed by atoms with Crippen molar-refractivity contribution in [3.63, 3.8) is 0 Å². The van der Waals surface area contributed by atoms with Gasteiger partial charge in [-0.25, -0.2) is 4.98 Å². The molecule has 0 saturated carbocycles. The lowest BCUT2D eigenvalue weighted by Crippen LogP contribution is -2.23. The average Bonchev–Trinajstić information content (AvgIpc) is 2.69. The summed E-state index contributed by atoms with van der Waals surface area (Å²) >= 11 is 0. The topological polar surface area (TPSA) is 26.0 Å². The lowest BCUT2D eigenvalue weighted by Gasteiger charge is -1.92. The van der Waals surface area contributed by atoms with Crippen LogP contribution in [0.2, 0.25) is 0 Å². The molecular weight excluding hydrogens is 186 g/mol. The van der Waals surface area contributed by atoms with Gasteiger partial charge >= 0.3 is 0 Å². The maximum absolute atomic E-state index is 5.69. The second-order valence-electron chi connectivity index (χ2n) is 3.50. The molecule has 0 saturated heterocycles. The van der Waals surface area contributed by atoms with Crippen molar-refractivity contribution in [3.05, 3.63) is 34.9 Å². The van der Waals surface area contributed by atoms with Gasteiger partial charge in [0, 0.05) is 5.57 Å². The highest BCUT2D eigenvalue weighted by Gasteiger charge is 2.06. The van der Waals surface area contributed by atoms with Crippen LogP contribution in [0, 0.1) is 0 Å². The number of hydrogen-bond acceptors (Lipinski definition) is 2. The number of oxazole rings is 1. The zero-order valence-electron chi connectivity index (χ0n) is 9.16. The quantitative estimate of drug-likeness (QED) is 0.684. The van der Waals surface area contributed by atoms with Crippen molar-refractivity contribution in [2.75, 3.05) is 0 Å². The number of fused-ring (bicyclic) bond motifs is 1. The molecular formula is C13H15NO. The van der Waals surface area contributed by atoms with Crippen LogP contribution >= 0.6 is 0 Å². The molecule has 0 amide bonds. The zero-order valence-corrected chi connectivity index (χ0v) is 9.16. The molecule has 0 aliphatic heterocycles. The van der Waals surface area contributed by atoms with Crippen LogP contribution in [0.3, 0.4) is 0 Å². The van der Waals surface area contributed by atoms with Crippen LogP contribution in [0.15, 0.2) is 22.6 Å². The van der Waals surface area contributed by atoms with Gasteiger partial charge in [0.2, 0.25) is 5.89 Å². The van der Waals surface area contributed by atoms with Crippen molar-refractivity contribution in [1.82, 2.24) is 4.98 Å². The number of rotatable bonds is 2. The number of aromatic nitrogens is 1. The van der Waals surface area contributed by atoms with E-state index < -0.39 is 0 Å². The summed E-state index contributed by atoms with van der Waals surface area (Å²) in [6.45, 7) is 3.98. The minimum Gasteiger partial charge on any atom is -0.436 e. The van der Waals surface area contributed by atoms with Crippen molar-refractivity contribution >= 4 is 17.7 Å². The van der Waals surface area contributed by atoms with Crippen LogP contribution in [0.1, 0.15) is 32.6 Å². The molecule has 78 valence electrons. The number of allylic oxidation sites excluding steroid dienone is 4. The summed E-state index contributed by atoms with van der Waals surface area (Å²) in [5, 5.41) is 0.986. The average molecular weight is 201 g/mol. The highest BCUT2D eigenvalue weighted by molar-refractivity contribution is 5.68. The van der Waals surface area contributed by atoms with Gasteiger partial charge < -0.3 is 4.42 Å². The molecule has 1 aromatic heterocycles. The molecule has 2 nitrogen and oxygen atoms in total. The van der Waals surface area contributed by atoms with Crippen molar-refractivity contribution in [1.29, 1.82) is 0 Å². The SMILES string of the molecule is CC=C/C(=C\C)c1nc2c(o1)=CCCC=2. The summed E-state index contributed by atoms with van der Waals surface area (Å²) in [6, 6.07) is 0. The molecule has 2 heteroatoms. The van der Waals surface area contributed by atoms with E-state index in [0.29, 0.717) is 0 Å². The second-order valence-corrected chi connectivity index (χ2v) is 3.50. The normalized spacial score (nSPS) is 16.0. The van der Waals surface area contributed by atoms with E-state index in [1.54, 1.807) is 0 Å². The third-order valence-corrected chi connectivity index (χ3v) is 2.42. The molecule has 1 aliphatic carbocycles. The largest absolute Gasteiger partial charge is 0.436 e. The summed E-state index contributed by atoms with van der Waals surface area (Å²) in [4.78, 5) is 4.47. The van der Waals surface area contributed by atoms with E-state index in [-0.39, 0.29) is 0 Å². The summed E-state index contributed by atoms with van der Waals surface area (Å²) in [5.41, 5.74) is 1.95. The van der Waals surface area contributed by atoms with E-state index in [4.69, 9.17) is 4.42 Å². The Kier molecular flexibility index (Phi) is 2.86. The fraction of sp³-hybridized carbons (Fsp3) is 0.308. The van der Waals surface area contributed by atoms with Gasteiger partial charge in [-0.05, 0) is 32.8 Å². The predicted molar refractivity (Wildman–Crippen MR) is 62.4 cm³/mol. The van der Waals surface area contributed by atoms with E-state index in [9.17, 15) is 0 Å². The molecule has 1 heterocycles. The first-order valence-corrected chi connectivity index (χ1v) is 5.31. The Bertz CT molecular complexity index is 484. The third-order valence-electron chi connectivity index (χ3n) is 2.42. The summed E-state index contributed by atoms with van der Waals surface area (Å²) in [6.07, 6.45) is 12.4. The molecule has 0 unspecified atom stereocenters. The van der Waals surface area contributed by atoms with Crippen LogP contribution in [0.25, 0.3) is 17.7 Å². The van der Waals surface area contributed by atoms with Crippen LogP contribution in [-0.2, 0) is 0 Å². The van der Waals surface area contributed by atoms with Gasteiger partial charge in [0.1, 0.15) is 5.35 Å². The Morgan fingerprint density at radius 2 is 2.13 bits per heavy atom. The predicted octanol–water partition coefficient (Wildman–Crippen LogP) is 2.01. The summed E-state index contributed by atoms with van der Waals surface area (Å²) < 4.78 is 5.69. The molecule has 0 radical (unpaired) electrons. The lowest BCUT2D eigenvalue weighted by molar-refractivity contribution is 0.509. The highest BCUT2D eigenvalue weighted by Crippen LogP contribution is 2.10. The van der Waals surface area contributed by atoms with Gasteiger partial charge in [0.05, 0.1) is 0 Å². The fourth-order valence-electron chi connectivity index (χ4n) is 1.66. The Morgan fingerprint density at radius 1 is 1.33 bits per heavy atom. The molecule has 1 aromatic rings. The molecule has 2 rings (SSSR count). The van der Waals surface area contributed by atoms with Gasteiger partial charge in [-0.1, -0.05) is 24.3 Å². The Morgan fingerprint density at radius 3 is 2.80 bits per heavy atom. The van der Waals surface area contributed by atoms with Crippen LogP contribution < -0.4 is 10.8 Å². The molecule has 0 atom stereocenters. The van der Waals surface area contributed by atoms with Crippen molar-refractivity contribution < 1.29 is 4.42 Å². The van der Waals surface area contributed by atoms with Crippen LogP contribution in [0.5, 0.6) is 0 Å². The number of hydrogen-bond donors (Lipinski definition) is 0. The lowest BCUT2D eigenvalue weighted by atomic mass is 10.2. The van der Waals surface area contributed by atoms with E-state index in [0.717, 1.165) is 35.1 Å². The third kappa shape index (κ3) is 1.94. The Labute approximate surface area is 89.3 Å².